The summed E-state index contributed by atoms with van der Waals surface area (Å²) in [5.74, 6) is -0.514. The number of carbonyl (C=O) groups excluding carboxylic acids is 1. The van der Waals surface area contributed by atoms with Gasteiger partial charge in [0.1, 0.15) is 5.52 Å². The largest absolute Gasteiger partial charge is 0.505 e. The number of pyridine rings is 2. The van der Waals surface area contributed by atoms with E-state index in [9.17, 15) is 9.90 Å². The van der Waals surface area contributed by atoms with Gasteiger partial charge < -0.3 is 10.4 Å². The van der Waals surface area contributed by atoms with Gasteiger partial charge in [0, 0.05) is 23.2 Å². The number of anilines is 1. The number of amides is 1. The number of nitrogens with zero attached hydrogens (tertiary/aromatic N) is 2. The molecule has 2 aromatic heterocycles. The molecule has 0 bridgehead atoms. The van der Waals surface area contributed by atoms with E-state index in [1.807, 2.05) is 30.3 Å². The lowest BCUT2D eigenvalue weighted by molar-refractivity contribution is 0.102. The van der Waals surface area contributed by atoms with Crippen LogP contribution in [0.3, 0.4) is 0 Å². The molecular formula is C19H13N3O2. The molecule has 0 atom stereocenters. The Kier molecular flexibility index (Phi) is 3.31. The van der Waals surface area contributed by atoms with Gasteiger partial charge in [-0.25, -0.2) is 0 Å². The van der Waals surface area contributed by atoms with E-state index in [4.69, 9.17) is 0 Å². The molecule has 5 heteroatoms. The fourth-order valence-corrected chi connectivity index (χ4v) is 2.71. The van der Waals surface area contributed by atoms with Crippen molar-refractivity contribution in [2.45, 2.75) is 0 Å². The Morgan fingerprint density at radius 2 is 1.75 bits per heavy atom. The normalized spacial score (nSPS) is 10.8. The Balaban J connectivity index is 1.75. The highest BCUT2D eigenvalue weighted by Crippen LogP contribution is 2.28. The summed E-state index contributed by atoms with van der Waals surface area (Å²) in [4.78, 5) is 21.0. The van der Waals surface area contributed by atoms with E-state index in [2.05, 4.69) is 15.3 Å². The van der Waals surface area contributed by atoms with Crippen LogP contribution in [0.5, 0.6) is 5.75 Å². The standard InChI is InChI=1S/C19H13N3O2/c23-18-14(9-8-12-4-2-11-21-17(12)18)19(24)22-16-7-1-6-15-13(16)5-3-10-20-15/h1-11,23H,(H,22,24). The average Bonchev–Trinajstić information content (AvgIpc) is 2.62. The van der Waals surface area contributed by atoms with Crippen molar-refractivity contribution in [2.24, 2.45) is 0 Å². The SMILES string of the molecule is O=C(Nc1cccc2ncccc12)c1ccc2cccnc2c1O. The van der Waals surface area contributed by atoms with Crippen molar-refractivity contribution < 1.29 is 9.90 Å². The van der Waals surface area contributed by atoms with Crippen LogP contribution in [0, 0.1) is 0 Å². The summed E-state index contributed by atoms with van der Waals surface area (Å²) in [5.41, 5.74) is 2.03. The van der Waals surface area contributed by atoms with Crippen molar-refractivity contribution in [3.8, 4) is 5.75 Å². The topological polar surface area (TPSA) is 75.1 Å². The second kappa shape index (κ2) is 5.62. The number of aromatic nitrogens is 2. The molecule has 0 fully saturated rings. The second-order valence-corrected chi connectivity index (χ2v) is 5.37. The van der Waals surface area contributed by atoms with Crippen LogP contribution in [0.2, 0.25) is 0 Å². The summed E-state index contributed by atoms with van der Waals surface area (Å²) in [6, 6.07) is 16.2. The molecule has 0 unspecified atom stereocenters. The smallest absolute Gasteiger partial charge is 0.259 e. The maximum atomic E-state index is 12.6. The van der Waals surface area contributed by atoms with Gasteiger partial charge in [-0.2, -0.15) is 0 Å². The molecule has 2 heterocycles. The van der Waals surface area contributed by atoms with E-state index in [1.54, 1.807) is 36.7 Å². The van der Waals surface area contributed by atoms with Crippen molar-refractivity contribution in [1.29, 1.82) is 0 Å². The van der Waals surface area contributed by atoms with Crippen LogP contribution in [-0.2, 0) is 0 Å². The van der Waals surface area contributed by atoms with Gasteiger partial charge in [-0.3, -0.25) is 14.8 Å². The van der Waals surface area contributed by atoms with Crippen LogP contribution in [-0.4, -0.2) is 21.0 Å². The van der Waals surface area contributed by atoms with E-state index in [0.717, 1.165) is 16.3 Å². The van der Waals surface area contributed by atoms with Gasteiger partial charge in [0.05, 0.1) is 16.8 Å². The average molecular weight is 315 g/mol. The van der Waals surface area contributed by atoms with Crippen LogP contribution >= 0.6 is 0 Å². The fourth-order valence-electron chi connectivity index (χ4n) is 2.71. The first-order chi connectivity index (χ1) is 11.7. The quantitative estimate of drug-likeness (QED) is 0.591. The van der Waals surface area contributed by atoms with Crippen molar-refractivity contribution in [3.05, 3.63) is 72.6 Å². The Hall–Kier alpha value is -3.47. The number of nitrogens with one attached hydrogen (secondary N) is 1. The summed E-state index contributed by atoms with van der Waals surface area (Å²) in [7, 11) is 0. The number of hydrogen-bond acceptors (Lipinski definition) is 4. The zero-order valence-corrected chi connectivity index (χ0v) is 12.6. The zero-order chi connectivity index (χ0) is 16.5. The molecule has 0 saturated carbocycles. The summed E-state index contributed by atoms with van der Waals surface area (Å²) in [5, 5.41) is 14.8. The minimum Gasteiger partial charge on any atom is -0.505 e. The first-order valence-corrected chi connectivity index (χ1v) is 7.46. The highest BCUT2D eigenvalue weighted by Gasteiger charge is 2.15. The van der Waals surface area contributed by atoms with Gasteiger partial charge in [0.25, 0.3) is 5.91 Å². The molecule has 2 N–H and O–H groups in total. The molecule has 116 valence electrons. The fraction of sp³-hybridized carbons (Fsp3) is 0. The molecule has 0 aliphatic carbocycles. The van der Waals surface area contributed by atoms with Crippen LogP contribution < -0.4 is 5.32 Å². The Bertz CT molecular complexity index is 1070. The Morgan fingerprint density at radius 1 is 0.917 bits per heavy atom. The van der Waals surface area contributed by atoms with Gasteiger partial charge in [-0.1, -0.05) is 18.2 Å². The molecule has 4 rings (SSSR count). The molecule has 24 heavy (non-hydrogen) atoms. The van der Waals surface area contributed by atoms with Gasteiger partial charge in [-0.05, 0) is 36.4 Å². The zero-order valence-electron chi connectivity index (χ0n) is 12.6. The summed E-state index contributed by atoms with van der Waals surface area (Å²) in [6.45, 7) is 0. The monoisotopic (exact) mass is 315 g/mol. The summed E-state index contributed by atoms with van der Waals surface area (Å²) in [6.07, 6.45) is 3.29. The lowest BCUT2D eigenvalue weighted by atomic mass is 10.1. The minimum absolute atomic E-state index is 0.121. The number of fused-ring (bicyclic) bond motifs is 2. The third-order valence-electron chi connectivity index (χ3n) is 3.89. The van der Waals surface area contributed by atoms with Crippen molar-refractivity contribution in [1.82, 2.24) is 9.97 Å². The number of aromatic hydroxyl groups is 1. The van der Waals surface area contributed by atoms with E-state index >= 15 is 0 Å². The highest BCUT2D eigenvalue weighted by atomic mass is 16.3. The number of carbonyl (C=O) groups is 1. The van der Waals surface area contributed by atoms with Crippen molar-refractivity contribution >= 4 is 33.4 Å². The number of hydrogen-bond donors (Lipinski definition) is 2. The Labute approximate surface area is 137 Å². The van der Waals surface area contributed by atoms with Gasteiger partial charge in [0.2, 0.25) is 0 Å². The minimum atomic E-state index is -0.392. The predicted molar refractivity (Wildman–Crippen MR) is 93.1 cm³/mol. The maximum Gasteiger partial charge on any atom is 0.259 e. The lowest BCUT2D eigenvalue weighted by Crippen LogP contribution is -2.12. The molecule has 4 aromatic rings. The molecule has 1 amide bonds. The number of phenolic OH excluding ortho intramolecular Hbond substituents is 1. The predicted octanol–water partition coefficient (Wildman–Crippen LogP) is 3.74. The highest BCUT2D eigenvalue weighted by molar-refractivity contribution is 6.12. The maximum absolute atomic E-state index is 12.6. The summed E-state index contributed by atoms with van der Waals surface area (Å²) < 4.78 is 0. The molecule has 2 aromatic carbocycles. The van der Waals surface area contributed by atoms with Crippen LogP contribution in [0.4, 0.5) is 5.69 Å². The van der Waals surface area contributed by atoms with Crippen LogP contribution in [0.1, 0.15) is 10.4 Å². The molecular weight excluding hydrogens is 302 g/mol. The van der Waals surface area contributed by atoms with Crippen LogP contribution in [0.25, 0.3) is 21.8 Å². The van der Waals surface area contributed by atoms with E-state index < -0.39 is 5.91 Å². The van der Waals surface area contributed by atoms with Gasteiger partial charge in [-0.15, -0.1) is 0 Å². The first-order valence-electron chi connectivity index (χ1n) is 7.46. The third-order valence-corrected chi connectivity index (χ3v) is 3.89. The number of rotatable bonds is 2. The summed E-state index contributed by atoms with van der Waals surface area (Å²) >= 11 is 0. The van der Waals surface area contributed by atoms with Crippen molar-refractivity contribution in [2.75, 3.05) is 5.32 Å². The molecule has 0 aliphatic rings. The number of benzene rings is 2. The van der Waals surface area contributed by atoms with E-state index in [1.165, 1.54) is 0 Å². The van der Waals surface area contributed by atoms with Crippen molar-refractivity contribution in [3.63, 3.8) is 0 Å². The van der Waals surface area contributed by atoms with Gasteiger partial charge >= 0.3 is 0 Å². The second-order valence-electron chi connectivity index (χ2n) is 5.37. The Morgan fingerprint density at radius 3 is 2.67 bits per heavy atom. The first kappa shape index (κ1) is 14.1. The number of phenols is 1. The van der Waals surface area contributed by atoms with E-state index in [0.29, 0.717) is 11.2 Å². The van der Waals surface area contributed by atoms with E-state index in [-0.39, 0.29) is 11.3 Å². The molecule has 0 spiro atoms. The lowest BCUT2D eigenvalue weighted by Gasteiger charge is -2.10. The molecule has 0 radical (unpaired) electrons. The molecule has 0 saturated heterocycles. The van der Waals surface area contributed by atoms with Crippen LogP contribution in [0.15, 0.2) is 67.0 Å². The molecule has 5 nitrogen and oxygen atoms in total. The third kappa shape index (κ3) is 2.32. The molecule has 0 aliphatic heterocycles. The van der Waals surface area contributed by atoms with Gasteiger partial charge in [0.15, 0.2) is 5.75 Å².